The molecule has 2 aliphatic rings. The van der Waals surface area contributed by atoms with Crippen molar-refractivity contribution < 1.29 is 0 Å². The van der Waals surface area contributed by atoms with Gasteiger partial charge in [-0.15, -0.1) is 0 Å². The minimum absolute atomic E-state index is 0.579. The van der Waals surface area contributed by atoms with E-state index in [9.17, 15) is 0 Å². The predicted octanol–water partition coefficient (Wildman–Crippen LogP) is 2.39. The fourth-order valence-electron chi connectivity index (χ4n) is 3.28. The number of hydrogen-bond donors (Lipinski definition) is 2. The lowest BCUT2D eigenvalue weighted by atomic mass is 9.78. The average Bonchev–Trinajstić information content (AvgIpc) is 2.96. The smallest absolute Gasteiger partial charge is 0.0218 e. The summed E-state index contributed by atoms with van der Waals surface area (Å²) in [5.74, 6) is 3.64. The molecule has 0 radical (unpaired) electrons. The summed E-state index contributed by atoms with van der Waals surface area (Å²) in [5.41, 5.74) is 5.93. The number of nitrogens with two attached hydrogens (primary N) is 1. The maximum atomic E-state index is 5.93. The van der Waals surface area contributed by atoms with Crippen LogP contribution in [0.25, 0.3) is 0 Å². The molecule has 0 aliphatic heterocycles. The topological polar surface area (TPSA) is 38.0 Å². The third kappa shape index (κ3) is 3.21. The molecule has 0 aromatic carbocycles. The molecule has 0 bridgehead atoms. The normalized spacial score (nSPS) is 40.7. The van der Waals surface area contributed by atoms with Crippen LogP contribution in [-0.4, -0.2) is 19.1 Å². The molecule has 0 amide bonds. The lowest BCUT2D eigenvalue weighted by Crippen LogP contribution is -2.44. The van der Waals surface area contributed by atoms with E-state index in [0.717, 1.165) is 30.2 Å². The molecule has 2 heteroatoms. The Hall–Kier alpha value is -0.0800. The monoisotopic (exact) mass is 224 g/mol. The van der Waals surface area contributed by atoms with Crippen LogP contribution in [0.15, 0.2) is 0 Å². The molecule has 0 spiro atoms. The second-order valence-electron chi connectivity index (χ2n) is 6.26. The zero-order chi connectivity index (χ0) is 11.5. The predicted molar refractivity (Wildman–Crippen MR) is 69.2 cm³/mol. The fourth-order valence-corrected chi connectivity index (χ4v) is 3.28. The zero-order valence-corrected chi connectivity index (χ0v) is 10.9. The number of hydrogen-bond acceptors (Lipinski definition) is 2. The van der Waals surface area contributed by atoms with E-state index in [1.165, 1.54) is 38.6 Å². The van der Waals surface area contributed by atoms with E-state index in [-0.39, 0.29) is 0 Å². The average molecular weight is 224 g/mol. The molecule has 2 rings (SSSR count). The zero-order valence-electron chi connectivity index (χ0n) is 10.9. The Bertz CT molecular complexity index is 217. The largest absolute Gasteiger partial charge is 0.329 e. The Labute approximate surface area is 100 Å². The highest BCUT2D eigenvalue weighted by Crippen LogP contribution is 2.37. The maximum absolute atomic E-state index is 5.93. The van der Waals surface area contributed by atoms with Crippen molar-refractivity contribution in [3.63, 3.8) is 0 Å². The van der Waals surface area contributed by atoms with Crippen molar-refractivity contribution in [3.8, 4) is 0 Å². The Morgan fingerprint density at radius 3 is 2.56 bits per heavy atom. The van der Waals surface area contributed by atoms with Gasteiger partial charge in [0.05, 0.1) is 0 Å². The first-order valence-electron chi connectivity index (χ1n) is 7.14. The molecule has 0 heterocycles. The van der Waals surface area contributed by atoms with Crippen LogP contribution < -0.4 is 11.1 Å². The Morgan fingerprint density at radius 1 is 1.25 bits per heavy atom. The van der Waals surface area contributed by atoms with Crippen molar-refractivity contribution >= 4 is 0 Å². The lowest BCUT2D eigenvalue weighted by molar-refractivity contribution is 0.223. The maximum Gasteiger partial charge on any atom is 0.0218 e. The third-order valence-electron chi connectivity index (χ3n) is 4.72. The second kappa shape index (κ2) is 5.50. The van der Waals surface area contributed by atoms with Gasteiger partial charge in [-0.25, -0.2) is 0 Å². The first-order valence-corrected chi connectivity index (χ1v) is 7.14. The van der Waals surface area contributed by atoms with Crippen LogP contribution >= 0.6 is 0 Å². The van der Waals surface area contributed by atoms with E-state index in [1.807, 2.05) is 0 Å². The minimum atomic E-state index is 0.579. The summed E-state index contributed by atoms with van der Waals surface area (Å²) in [7, 11) is 0. The summed E-state index contributed by atoms with van der Waals surface area (Å²) < 4.78 is 0. The number of rotatable bonds is 5. The van der Waals surface area contributed by atoms with Gasteiger partial charge in [0, 0.05) is 12.6 Å². The molecule has 2 saturated carbocycles. The first-order chi connectivity index (χ1) is 7.70. The Kier molecular flexibility index (Phi) is 4.26. The summed E-state index contributed by atoms with van der Waals surface area (Å²) in [6.07, 6.45) is 7.02. The first kappa shape index (κ1) is 12.4. The molecule has 5 atom stereocenters. The highest BCUT2D eigenvalue weighted by molar-refractivity contribution is 4.88. The molecular formula is C14H28N2. The van der Waals surface area contributed by atoms with Gasteiger partial charge in [-0.2, -0.15) is 0 Å². The van der Waals surface area contributed by atoms with E-state index in [4.69, 9.17) is 5.73 Å². The van der Waals surface area contributed by atoms with E-state index in [2.05, 4.69) is 19.2 Å². The molecule has 94 valence electrons. The lowest BCUT2D eigenvalue weighted by Gasteiger charge is -2.33. The second-order valence-corrected chi connectivity index (χ2v) is 6.26. The van der Waals surface area contributed by atoms with E-state index < -0.39 is 0 Å². The van der Waals surface area contributed by atoms with Crippen LogP contribution in [0.2, 0.25) is 0 Å². The highest BCUT2D eigenvalue weighted by atomic mass is 15.0. The highest BCUT2D eigenvalue weighted by Gasteiger charge is 2.33. The van der Waals surface area contributed by atoms with Crippen LogP contribution in [0.5, 0.6) is 0 Å². The van der Waals surface area contributed by atoms with Gasteiger partial charge in [-0.1, -0.05) is 26.7 Å². The van der Waals surface area contributed by atoms with Gasteiger partial charge in [-0.3, -0.25) is 0 Å². The standard InChI is InChI=1S/C14H28N2/c1-10-4-3-5-12(6-10)14(8-15)16-9-13-7-11(13)2/h10-14,16H,3-9,15H2,1-2H3. The minimum Gasteiger partial charge on any atom is -0.329 e. The molecular weight excluding hydrogens is 196 g/mol. The molecule has 2 nitrogen and oxygen atoms in total. The SMILES string of the molecule is CC1CCCC(C(CN)NCC2CC2C)C1. The molecule has 0 aromatic heterocycles. The van der Waals surface area contributed by atoms with Gasteiger partial charge < -0.3 is 11.1 Å². The van der Waals surface area contributed by atoms with Crippen molar-refractivity contribution in [2.45, 2.75) is 52.0 Å². The van der Waals surface area contributed by atoms with Crippen molar-refractivity contribution in [2.75, 3.05) is 13.1 Å². The molecule has 2 fully saturated rings. The van der Waals surface area contributed by atoms with Gasteiger partial charge in [0.15, 0.2) is 0 Å². The Morgan fingerprint density at radius 2 is 2.00 bits per heavy atom. The van der Waals surface area contributed by atoms with Gasteiger partial charge in [0.25, 0.3) is 0 Å². The van der Waals surface area contributed by atoms with Crippen LogP contribution in [0.3, 0.4) is 0 Å². The Balaban J connectivity index is 1.74. The van der Waals surface area contributed by atoms with Crippen molar-refractivity contribution in [3.05, 3.63) is 0 Å². The molecule has 2 aliphatic carbocycles. The van der Waals surface area contributed by atoms with Crippen LogP contribution in [0, 0.1) is 23.7 Å². The van der Waals surface area contributed by atoms with E-state index in [0.29, 0.717) is 6.04 Å². The summed E-state index contributed by atoms with van der Waals surface area (Å²) in [6, 6.07) is 0.579. The summed E-state index contributed by atoms with van der Waals surface area (Å²) in [4.78, 5) is 0. The van der Waals surface area contributed by atoms with Crippen LogP contribution in [-0.2, 0) is 0 Å². The summed E-state index contributed by atoms with van der Waals surface area (Å²) in [5, 5.41) is 3.73. The quantitative estimate of drug-likeness (QED) is 0.752. The van der Waals surface area contributed by atoms with Crippen LogP contribution in [0.4, 0.5) is 0 Å². The van der Waals surface area contributed by atoms with Gasteiger partial charge in [0.2, 0.25) is 0 Å². The molecule has 0 saturated heterocycles. The van der Waals surface area contributed by atoms with Crippen molar-refractivity contribution in [1.29, 1.82) is 0 Å². The molecule has 0 aromatic rings. The van der Waals surface area contributed by atoms with Crippen molar-refractivity contribution in [1.82, 2.24) is 5.32 Å². The van der Waals surface area contributed by atoms with Gasteiger partial charge >= 0.3 is 0 Å². The van der Waals surface area contributed by atoms with Gasteiger partial charge in [0.1, 0.15) is 0 Å². The van der Waals surface area contributed by atoms with Crippen molar-refractivity contribution in [2.24, 2.45) is 29.4 Å². The fraction of sp³-hybridized carbons (Fsp3) is 1.00. The van der Waals surface area contributed by atoms with E-state index >= 15 is 0 Å². The summed E-state index contributed by atoms with van der Waals surface area (Å²) in [6.45, 7) is 6.77. The summed E-state index contributed by atoms with van der Waals surface area (Å²) >= 11 is 0. The van der Waals surface area contributed by atoms with E-state index in [1.54, 1.807) is 0 Å². The number of nitrogens with one attached hydrogen (secondary N) is 1. The third-order valence-corrected chi connectivity index (χ3v) is 4.72. The molecule has 16 heavy (non-hydrogen) atoms. The molecule has 5 unspecified atom stereocenters. The van der Waals surface area contributed by atoms with Gasteiger partial charge in [-0.05, 0) is 49.5 Å². The molecule has 3 N–H and O–H groups in total. The van der Waals surface area contributed by atoms with Crippen LogP contribution in [0.1, 0.15) is 46.0 Å².